The van der Waals surface area contributed by atoms with Crippen LogP contribution in [0.1, 0.15) is 33.3 Å². The highest BCUT2D eigenvalue weighted by atomic mass is 16.5. The molecule has 0 aliphatic rings. The van der Waals surface area contributed by atoms with Crippen LogP contribution in [0, 0.1) is 0 Å². The van der Waals surface area contributed by atoms with E-state index < -0.39 is 5.60 Å². The Balaban J connectivity index is 2.78. The molecule has 19 heavy (non-hydrogen) atoms. The number of benzene rings is 1. The summed E-state index contributed by atoms with van der Waals surface area (Å²) < 4.78 is 5.20. The first-order valence-corrected chi connectivity index (χ1v) is 6.32. The standard InChI is InChI=1S/C15H23NO3/c1-14(2,10-16-13(17)15(3,4)18)11-7-6-8-12(9-11)19-5/h6-9,18H,10H2,1-5H3,(H,16,17). The highest BCUT2D eigenvalue weighted by Gasteiger charge is 2.27. The highest BCUT2D eigenvalue weighted by molar-refractivity contribution is 5.83. The molecule has 1 aromatic carbocycles. The Hall–Kier alpha value is -1.55. The summed E-state index contributed by atoms with van der Waals surface area (Å²) in [5.74, 6) is 0.419. The minimum Gasteiger partial charge on any atom is -0.497 e. The maximum absolute atomic E-state index is 11.7. The van der Waals surface area contributed by atoms with Crippen molar-refractivity contribution in [2.45, 2.75) is 38.7 Å². The van der Waals surface area contributed by atoms with E-state index in [1.165, 1.54) is 13.8 Å². The fourth-order valence-electron chi connectivity index (χ4n) is 1.66. The molecule has 0 saturated heterocycles. The molecule has 0 spiro atoms. The normalized spacial score (nSPS) is 12.1. The van der Waals surface area contributed by atoms with Crippen molar-refractivity contribution in [1.82, 2.24) is 5.32 Å². The number of hydrogen-bond acceptors (Lipinski definition) is 3. The zero-order chi connectivity index (χ0) is 14.7. The van der Waals surface area contributed by atoms with Crippen LogP contribution in [0.4, 0.5) is 0 Å². The van der Waals surface area contributed by atoms with Crippen LogP contribution in [0.5, 0.6) is 5.75 Å². The van der Waals surface area contributed by atoms with Gasteiger partial charge in [0.05, 0.1) is 7.11 Å². The Bertz CT molecular complexity index is 447. The van der Waals surface area contributed by atoms with E-state index in [4.69, 9.17) is 4.74 Å². The van der Waals surface area contributed by atoms with Gasteiger partial charge in [-0.25, -0.2) is 0 Å². The number of hydrogen-bond donors (Lipinski definition) is 2. The van der Waals surface area contributed by atoms with Crippen molar-refractivity contribution in [3.8, 4) is 5.75 Å². The Morgan fingerprint density at radius 2 is 1.95 bits per heavy atom. The molecule has 0 aliphatic carbocycles. The van der Waals surface area contributed by atoms with Crippen molar-refractivity contribution >= 4 is 5.91 Å². The molecule has 0 atom stereocenters. The molecule has 0 aromatic heterocycles. The lowest BCUT2D eigenvalue weighted by atomic mass is 9.84. The van der Waals surface area contributed by atoms with Crippen LogP contribution >= 0.6 is 0 Å². The van der Waals surface area contributed by atoms with Gasteiger partial charge in [-0.05, 0) is 31.5 Å². The largest absolute Gasteiger partial charge is 0.497 e. The lowest BCUT2D eigenvalue weighted by molar-refractivity contribution is -0.136. The van der Waals surface area contributed by atoms with Gasteiger partial charge in [0.15, 0.2) is 0 Å². The van der Waals surface area contributed by atoms with Crippen molar-refractivity contribution in [2.75, 3.05) is 13.7 Å². The second-order valence-electron chi connectivity index (χ2n) is 5.86. The molecule has 106 valence electrons. The van der Waals surface area contributed by atoms with Gasteiger partial charge in [-0.15, -0.1) is 0 Å². The molecule has 2 N–H and O–H groups in total. The summed E-state index contributed by atoms with van der Waals surface area (Å²) in [6.07, 6.45) is 0. The van der Waals surface area contributed by atoms with Crippen molar-refractivity contribution in [1.29, 1.82) is 0 Å². The van der Waals surface area contributed by atoms with E-state index in [1.54, 1.807) is 7.11 Å². The van der Waals surface area contributed by atoms with Gasteiger partial charge in [-0.1, -0.05) is 26.0 Å². The van der Waals surface area contributed by atoms with Crippen molar-refractivity contribution in [2.24, 2.45) is 0 Å². The fraction of sp³-hybridized carbons (Fsp3) is 0.533. The van der Waals surface area contributed by atoms with E-state index in [-0.39, 0.29) is 11.3 Å². The molecule has 0 saturated carbocycles. The third-order valence-electron chi connectivity index (χ3n) is 3.10. The lowest BCUT2D eigenvalue weighted by Crippen LogP contribution is -2.46. The quantitative estimate of drug-likeness (QED) is 0.854. The van der Waals surface area contributed by atoms with Crippen molar-refractivity contribution in [3.05, 3.63) is 29.8 Å². The van der Waals surface area contributed by atoms with Crippen molar-refractivity contribution in [3.63, 3.8) is 0 Å². The van der Waals surface area contributed by atoms with E-state index >= 15 is 0 Å². The average Bonchev–Trinajstić information content (AvgIpc) is 2.35. The summed E-state index contributed by atoms with van der Waals surface area (Å²) in [4.78, 5) is 11.7. The SMILES string of the molecule is COc1cccc(C(C)(C)CNC(=O)C(C)(C)O)c1. The molecule has 0 heterocycles. The van der Waals surface area contributed by atoms with E-state index in [1.807, 2.05) is 38.1 Å². The van der Waals surface area contributed by atoms with Crippen LogP contribution < -0.4 is 10.1 Å². The fourth-order valence-corrected chi connectivity index (χ4v) is 1.66. The molecular weight excluding hydrogens is 242 g/mol. The Morgan fingerprint density at radius 3 is 2.47 bits per heavy atom. The number of amides is 1. The predicted octanol–water partition coefficient (Wildman–Crippen LogP) is 1.86. The molecule has 0 unspecified atom stereocenters. The van der Waals surface area contributed by atoms with Crippen LogP contribution in [0.25, 0.3) is 0 Å². The summed E-state index contributed by atoms with van der Waals surface area (Å²) in [6, 6.07) is 7.76. The van der Waals surface area contributed by atoms with Crippen LogP contribution in [0.2, 0.25) is 0 Å². The van der Waals surface area contributed by atoms with Crippen LogP contribution in [0.15, 0.2) is 24.3 Å². The molecule has 0 radical (unpaired) electrons. The van der Waals surface area contributed by atoms with Gasteiger partial charge in [0.25, 0.3) is 5.91 Å². The summed E-state index contributed by atoms with van der Waals surface area (Å²) in [7, 11) is 1.63. The smallest absolute Gasteiger partial charge is 0.251 e. The third-order valence-corrected chi connectivity index (χ3v) is 3.10. The topological polar surface area (TPSA) is 58.6 Å². The Kier molecular flexibility index (Phi) is 4.58. The molecule has 4 heteroatoms. The van der Waals surface area contributed by atoms with Gasteiger partial charge in [0.2, 0.25) is 0 Å². The van der Waals surface area contributed by atoms with Gasteiger partial charge in [-0.2, -0.15) is 0 Å². The minimum absolute atomic E-state index is 0.241. The first-order chi connectivity index (χ1) is 8.66. The van der Waals surface area contributed by atoms with E-state index in [0.29, 0.717) is 6.54 Å². The summed E-state index contributed by atoms with van der Waals surface area (Å²) in [6.45, 7) is 7.46. The van der Waals surface area contributed by atoms with Crippen molar-refractivity contribution < 1.29 is 14.6 Å². The van der Waals surface area contributed by atoms with E-state index in [0.717, 1.165) is 11.3 Å². The molecule has 1 aromatic rings. The number of methoxy groups -OCH3 is 1. The third kappa shape index (κ3) is 4.24. The summed E-state index contributed by atoms with van der Waals surface area (Å²) in [5, 5.41) is 12.4. The zero-order valence-corrected chi connectivity index (χ0v) is 12.3. The molecular formula is C15H23NO3. The maximum Gasteiger partial charge on any atom is 0.251 e. The number of ether oxygens (including phenoxy) is 1. The Labute approximate surface area is 114 Å². The average molecular weight is 265 g/mol. The van der Waals surface area contributed by atoms with Gasteiger partial charge >= 0.3 is 0 Å². The highest BCUT2D eigenvalue weighted by Crippen LogP contribution is 2.25. The van der Waals surface area contributed by atoms with Crippen LogP contribution in [-0.2, 0) is 10.2 Å². The zero-order valence-electron chi connectivity index (χ0n) is 12.3. The summed E-state index contributed by atoms with van der Waals surface area (Å²) >= 11 is 0. The first kappa shape index (κ1) is 15.5. The molecule has 4 nitrogen and oxygen atoms in total. The number of rotatable bonds is 5. The van der Waals surface area contributed by atoms with Gasteiger partial charge in [-0.3, -0.25) is 4.79 Å². The molecule has 0 aliphatic heterocycles. The molecule has 0 bridgehead atoms. The number of aliphatic hydroxyl groups is 1. The van der Waals surface area contributed by atoms with Crippen LogP contribution in [-0.4, -0.2) is 30.3 Å². The predicted molar refractivity (Wildman–Crippen MR) is 75.3 cm³/mol. The Morgan fingerprint density at radius 1 is 1.32 bits per heavy atom. The number of carbonyl (C=O) groups is 1. The summed E-state index contributed by atoms with van der Waals surface area (Å²) in [5.41, 5.74) is -0.525. The monoisotopic (exact) mass is 265 g/mol. The minimum atomic E-state index is -1.36. The second-order valence-corrected chi connectivity index (χ2v) is 5.86. The van der Waals surface area contributed by atoms with E-state index in [2.05, 4.69) is 5.32 Å². The molecule has 0 fully saturated rings. The molecule has 1 rings (SSSR count). The second kappa shape index (κ2) is 5.61. The first-order valence-electron chi connectivity index (χ1n) is 6.32. The lowest BCUT2D eigenvalue weighted by Gasteiger charge is -2.27. The van der Waals surface area contributed by atoms with Gasteiger partial charge in [0, 0.05) is 12.0 Å². The number of carbonyl (C=O) groups excluding carboxylic acids is 1. The maximum atomic E-state index is 11.7. The van der Waals surface area contributed by atoms with Crippen LogP contribution in [0.3, 0.4) is 0 Å². The molecule has 1 amide bonds. The van der Waals surface area contributed by atoms with Gasteiger partial charge < -0.3 is 15.2 Å². The van der Waals surface area contributed by atoms with Gasteiger partial charge in [0.1, 0.15) is 11.4 Å². The number of nitrogens with one attached hydrogen (secondary N) is 1. The van der Waals surface area contributed by atoms with E-state index in [9.17, 15) is 9.90 Å².